The number of amides is 1. The van der Waals surface area contributed by atoms with Crippen LogP contribution in [-0.4, -0.2) is 20.4 Å². The van der Waals surface area contributed by atoms with Gasteiger partial charge < -0.3 is 5.32 Å². The van der Waals surface area contributed by atoms with Crippen molar-refractivity contribution in [2.45, 2.75) is 36.5 Å². The highest BCUT2D eigenvalue weighted by atomic mass is 32.2. The van der Waals surface area contributed by atoms with Gasteiger partial charge >= 0.3 is 6.18 Å². The van der Waals surface area contributed by atoms with Crippen molar-refractivity contribution in [3.63, 3.8) is 0 Å². The van der Waals surface area contributed by atoms with Gasteiger partial charge in [-0.3, -0.25) is 4.79 Å². The van der Waals surface area contributed by atoms with Crippen LogP contribution in [0.15, 0.2) is 59.5 Å². The Morgan fingerprint density at radius 3 is 2.41 bits per heavy atom. The first-order valence-corrected chi connectivity index (χ1v) is 10.4. The summed E-state index contributed by atoms with van der Waals surface area (Å²) >= 11 is 0. The van der Waals surface area contributed by atoms with Gasteiger partial charge in [-0.15, -0.1) is 0 Å². The van der Waals surface area contributed by atoms with Gasteiger partial charge in [0.1, 0.15) is 0 Å². The van der Waals surface area contributed by atoms with Crippen molar-refractivity contribution >= 4 is 22.0 Å². The first kappa shape index (κ1) is 21.1. The Labute approximate surface area is 166 Å². The van der Waals surface area contributed by atoms with Gasteiger partial charge in [-0.25, -0.2) is 13.1 Å². The molecule has 0 unspecified atom stereocenters. The summed E-state index contributed by atoms with van der Waals surface area (Å²) in [6, 6.07) is 10.8. The number of benzene rings is 2. The predicted octanol–water partition coefficient (Wildman–Crippen LogP) is 3.48. The van der Waals surface area contributed by atoms with E-state index in [1.165, 1.54) is 30.3 Å². The molecule has 2 N–H and O–H groups in total. The summed E-state index contributed by atoms with van der Waals surface area (Å²) in [7, 11) is -3.53. The highest BCUT2D eigenvalue weighted by Gasteiger charge is 2.30. The molecule has 5 nitrogen and oxygen atoms in total. The van der Waals surface area contributed by atoms with Crippen LogP contribution in [0.1, 0.15) is 29.5 Å². The summed E-state index contributed by atoms with van der Waals surface area (Å²) < 4.78 is 64.9. The van der Waals surface area contributed by atoms with Gasteiger partial charge in [0.25, 0.3) is 0 Å². The zero-order valence-electron chi connectivity index (χ0n) is 15.2. The summed E-state index contributed by atoms with van der Waals surface area (Å²) in [6.07, 6.45) is -0.313. The summed E-state index contributed by atoms with van der Waals surface area (Å²) in [5, 5.41) is 2.60. The highest BCUT2D eigenvalue weighted by Crippen LogP contribution is 2.29. The summed E-state index contributed by atoms with van der Waals surface area (Å²) in [4.78, 5) is 12.1. The average molecular weight is 424 g/mol. The molecule has 2 aromatic rings. The van der Waals surface area contributed by atoms with Crippen LogP contribution in [0.2, 0.25) is 0 Å². The topological polar surface area (TPSA) is 75.3 Å². The van der Waals surface area contributed by atoms with Gasteiger partial charge in [-0.05, 0) is 54.3 Å². The smallest absolute Gasteiger partial charge is 0.348 e. The van der Waals surface area contributed by atoms with Crippen LogP contribution in [-0.2, 0) is 27.5 Å². The number of hydrogen-bond acceptors (Lipinski definition) is 3. The first-order chi connectivity index (χ1) is 13.6. The van der Waals surface area contributed by atoms with Gasteiger partial charge in [-0.1, -0.05) is 24.3 Å². The Morgan fingerprint density at radius 2 is 1.79 bits per heavy atom. The van der Waals surface area contributed by atoms with E-state index in [4.69, 9.17) is 0 Å². The molecule has 1 saturated carbocycles. The molecular formula is C20H19F3N2O3S. The lowest BCUT2D eigenvalue weighted by Gasteiger charge is -2.07. The van der Waals surface area contributed by atoms with Crippen molar-refractivity contribution < 1.29 is 26.4 Å². The number of carbonyl (C=O) groups is 1. The third-order valence-corrected chi connectivity index (χ3v) is 5.78. The molecule has 0 aromatic heterocycles. The number of alkyl halides is 3. The number of sulfonamides is 1. The maximum atomic E-state index is 12.7. The lowest BCUT2D eigenvalue weighted by molar-refractivity contribution is -0.137. The third kappa shape index (κ3) is 6.16. The summed E-state index contributed by atoms with van der Waals surface area (Å²) in [6.45, 7) is 0.155. The Bertz CT molecular complexity index is 1010. The highest BCUT2D eigenvalue weighted by molar-refractivity contribution is 7.89. The second-order valence-electron chi connectivity index (χ2n) is 6.71. The van der Waals surface area contributed by atoms with Gasteiger partial charge in [-0.2, -0.15) is 13.2 Å². The van der Waals surface area contributed by atoms with Crippen LogP contribution >= 0.6 is 0 Å². The molecule has 0 radical (unpaired) electrons. The number of hydrogen-bond donors (Lipinski definition) is 2. The normalized spacial score (nSPS) is 14.9. The standard InChI is InChI=1S/C20H19F3N2O3S/c21-20(22,23)16-3-1-2-14(12-16)6-11-19(26)24-13-15-4-9-18(10-5-15)29(27,28)25-17-7-8-17/h1-6,9-12,17,25H,7-8,13H2,(H,24,26). The van der Waals surface area contributed by atoms with E-state index in [1.54, 1.807) is 12.1 Å². The molecule has 9 heteroatoms. The van der Waals surface area contributed by atoms with Gasteiger partial charge in [0, 0.05) is 18.7 Å². The molecule has 1 aliphatic carbocycles. The molecule has 154 valence electrons. The maximum absolute atomic E-state index is 12.7. The molecule has 1 amide bonds. The van der Waals surface area contributed by atoms with Gasteiger partial charge in [0.15, 0.2) is 0 Å². The van der Waals surface area contributed by atoms with Crippen molar-refractivity contribution in [3.05, 3.63) is 71.3 Å². The molecule has 0 aliphatic heterocycles. The van der Waals surface area contributed by atoms with Crippen LogP contribution in [0.4, 0.5) is 13.2 Å². The molecular weight excluding hydrogens is 405 g/mol. The van der Waals surface area contributed by atoms with Crippen molar-refractivity contribution in [2.24, 2.45) is 0 Å². The summed E-state index contributed by atoms with van der Waals surface area (Å²) in [5.41, 5.74) is 0.162. The number of rotatable bonds is 7. The minimum Gasteiger partial charge on any atom is -0.348 e. The van der Waals surface area contributed by atoms with Crippen LogP contribution in [0, 0.1) is 0 Å². The van der Waals surface area contributed by atoms with Crippen LogP contribution in [0.25, 0.3) is 6.08 Å². The Morgan fingerprint density at radius 1 is 1.10 bits per heavy atom. The van der Waals surface area contributed by atoms with Crippen molar-refractivity contribution in [2.75, 3.05) is 0 Å². The number of nitrogens with one attached hydrogen (secondary N) is 2. The van der Waals surface area contributed by atoms with Crippen LogP contribution in [0.3, 0.4) is 0 Å². The third-order valence-electron chi connectivity index (χ3n) is 4.24. The zero-order chi connectivity index (χ0) is 21.1. The number of carbonyl (C=O) groups excluding carboxylic acids is 1. The molecule has 0 bridgehead atoms. The fourth-order valence-electron chi connectivity index (χ4n) is 2.51. The number of halogens is 3. The largest absolute Gasteiger partial charge is 0.416 e. The van der Waals surface area contributed by atoms with E-state index in [2.05, 4.69) is 10.0 Å². The van der Waals surface area contributed by atoms with Gasteiger partial charge in [0.05, 0.1) is 10.5 Å². The summed E-state index contributed by atoms with van der Waals surface area (Å²) in [5.74, 6) is -0.477. The molecule has 29 heavy (non-hydrogen) atoms. The first-order valence-electron chi connectivity index (χ1n) is 8.88. The van der Waals surface area contributed by atoms with Crippen molar-refractivity contribution in [1.29, 1.82) is 0 Å². The van der Waals surface area contributed by atoms with E-state index in [-0.39, 0.29) is 23.0 Å². The molecule has 0 heterocycles. The SMILES string of the molecule is O=C(C=Cc1cccc(C(F)(F)F)c1)NCc1ccc(S(=O)(=O)NC2CC2)cc1. The maximum Gasteiger partial charge on any atom is 0.416 e. The van der Waals surface area contributed by atoms with Crippen LogP contribution < -0.4 is 10.0 Å². The lowest BCUT2D eigenvalue weighted by Crippen LogP contribution is -2.25. The van der Waals surface area contributed by atoms with Crippen molar-refractivity contribution in [1.82, 2.24) is 10.0 Å². The second-order valence-corrected chi connectivity index (χ2v) is 8.43. The molecule has 0 atom stereocenters. The van der Waals surface area contributed by atoms with Crippen LogP contribution in [0.5, 0.6) is 0 Å². The second kappa shape index (κ2) is 8.38. The Balaban J connectivity index is 1.54. The molecule has 1 fully saturated rings. The fraction of sp³-hybridized carbons (Fsp3) is 0.250. The average Bonchev–Trinajstić information content (AvgIpc) is 3.48. The van der Waals surface area contributed by atoms with Gasteiger partial charge in [0.2, 0.25) is 15.9 Å². The van der Waals surface area contributed by atoms with E-state index < -0.39 is 27.7 Å². The lowest BCUT2D eigenvalue weighted by atomic mass is 10.1. The van der Waals surface area contributed by atoms with Crippen molar-refractivity contribution in [3.8, 4) is 0 Å². The molecule has 1 aliphatic rings. The molecule has 2 aromatic carbocycles. The molecule has 3 rings (SSSR count). The predicted molar refractivity (Wildman–Crippen MR) is 102 cm³/mol. The monoisotopic (exact) mass is 424 g/mol. The Kier molecular flexibility index (Phi) is 6.09. The quantitative estimate of drug-likeness (QED) is 0.669. The van der Waals surface area contributed by atoms with E-state index in [0.717, 1.165) is 31.1 Å². The Hall–Kier alpha value is -2.65. The molecule has 0 saturated heterocycles. The van der Waals surface area contributed by atoms with E-state index in [9.17, 15) is 26.4 Å². The zero-order valence-corrected chi connectivity index (χ0v) is 16.1. The minimum atomic E-state index is -4.44. The minimum absolute atomic E-state index is 0.0163. The van der Waals surface area contributed by atoms with E-state index in [0.29, 0.717) is 5.56 Å². The van der Waals surface area contributed by atoms with E-state index >= 15 is 0 Å². The fourth-order valence-corrected chi connectivity index (χ4v) is 3.82. The van der Waals surface area contributed by atoms with E-state index in [1.807, 2.05) is 0 Å². The molecule has 0 spiro atoms.